The Bertz CT molecular complexity index is 609. The summed E-state index contributed by atoms with van der Waals surface area (Å²) in [6.07, 6.45) is 16.0. The topological polar surface area (TPSA) is 17.1 Å². The normalized spacial score (nSPS) is 47.6. The van der Waals surface area contributed by atoms with Crippen LogP contribution < -0.4 is 0 Å². The van der Waals surface area contributed by atoms with Crippen molar-refractivity contribution < 1.29 is 4.79 Å². The lowest BCUT2D eigenvalue weighted by molar-refractivity contribution is -0.117. The van der Waals surface area contributed by atoms with Crippen LogP contribution in [0.25, 0.3) is 0 Å². The van der Waals surface area contributed by atoms with E-state index in [9.17, 15) is 4.79 Å². The standard InChI is InChI=1S/C22H30O/c1-4-5-15-7-9-19-18-8-6-16-14-17(23)10-12-22(16,3)20(18)11-13-21(15,19)2/h4-5,14,18-20H,1,6-13H2,2-3H3/b15-5+/t18-,19-,20-,21+,22-/m0/s1. The summed E-state index contributed by atoms with van der Waals surface area (Å²) in [5.74, 6) is 2.88. The Morgan fingerprint density at radius 1 is 1.04 bits per heavy atom. The molecule has 0 aromatic heterocycles. The van der Waals surface area contributed by atoms with Gasteiger partial charge in [-0.1, -0.05) is 43.7 Å². The van der Waals surface area contributed by atoms with Crippen molar-refractivity contribution in [1.82, 2.24) is 0 Å². The minimum atomic E-state index is 0.309. The fraction of sp³-hybridized carbons (Fsp3) is 0.682. The van der Waals surface area contributed by atoms with E-state index in [-0.39, 0.29) is 0 Å². The van der Waals surface area contributed by atoms with Crippen LogP contribution in [0, 0.1) is 28.6 Å². The second-order valence-electron chi connectivity index (χ2n) is 8.89. The number of carbonyl (C=O) groups excluding carboxylic acids is 1. The molecule has 124 valence electrons. The van der Waals surface area contributed by atoms with E-state index in [1.165, 1.54) is 37.7 Å². The average Bonchev–Trinajstić information content (AvgIpc) is 2.85. The van der Waals surface area contributed by atoms with E-state index in [2.05, 4.69) is 26.5 Å². The van der Waals surface area contributed by atoms with Crippen molar-refractivity contribution in [1.29, 1.82) is 0 Å². The molecular formula is C22H30O. The molecule has 0 unspecified atom stereocenters. The highest BCUT2D eigenvalue weighted by molar-refractivity contribution is 5.91. The molecule has 1 heteroatoms. The highest BCUT2D eigenvalue weighted by Crippen LogP contribution is 2.66. The second-order valence-corrected chi connectivity index (χ2v) is 8.89. The third-order valence-corrected chi connectivity index (χ3v) is 8.13. The van der Waals surface area contributed by atoms with Crippen LogP contribution >= 0.6 is 0 Å². The van der Waals surface area contributed by atoms with Gasteiger partial charge in [0.25, 0.3) is 0 Å². The Labute approximate surface area is 140 Å². The molecule has 1 nitrogen and oxygen atoms in total. The second kappa shape index (κ2) is 5.19. The van der Waals surface area contributed by atoms with Crippen LogP contribution in [-0.2, 0) is 4.79 Å². The van der Waals surface area contributed by atoms with Gasteiger partial charge in [-0.15, -0.1) is 0 Å². The van der Waals surface area contributed by atoms with Gasteiger partial charge in [0.2, 0.25) is 0 Å². The summed E-state index contributed by atoms with van der Waals surface area (Å²) in [7, 11) is 0. The Hall–Kier alpha value is -1.11. The molecule has 5 atom stereocenters. The van der Waals surface area contributed by atoms with E-state index in [0.717, 1.165) is 37.0 Å². The molecule has 0 aromatic carbocycles. The highest BCUT2D eigenvalue weighted by Gasteiger charge is 2.57. The summed E-state index contributed by atoms with van der Waals surface area (Å²) < 4.78 is 0. The van der Waals surface area contributed by atoms with Gasteiger partial charge in [0.1, 0.15) is 0 Å². The van der Waals surface area contributed by atoms with Crippen molar-refractivity contribution >= 4 is 5.78 Å². The van der Waals surface area contributed by atoms with Crippen molar-refractivity contribution in [2.24, 2.45) is 28.6 Å². The van der Waals surface area contributed by atoms with Crippen molar-refractivity contribution in [3.05, 3.63) is 36.0 Å². The van der Waals surface area contributed by atoms with E-state index in [1.807, 2.05) is 12.2 Å². The number of rotatable bonds is 1. The molecule has 0 aromatic rings. The van der Waals surface area contributed by atoms with E-state index in [1.54, 1.807) is 5.57 Å². The van der Waals surface area contributed by atoms with Gasteiger partial charge in [-0.3, -0.25) is 4.79 Å². The van der Waals surface area contributed by atoms with Crippen LogP contribution in [0.5, 0.6) is 0 Å². The monoisotopic (exact) mass is 310 g/mol. The number of ketones is 1. The summed E-state index contributed by atoms with van der Waals surface area (Å²) in [6, 6.07) is 0. The lowest BCUT2D eigenvalue weighted by Gasteiger charge is -2.57. The third-order valence-electron chi connectivity index (χ3n) is 8.13. The molecule has 4 aliphatic rings. The lowest BCUT2D eigenvalue weighted by atomic mass is 9.47. The molecule has 0 saturated heterocycles. The van der Waals surface area contributed by atoms with Crippen LogP contribution in [0.15, 0.2) is 36.0 Å². The summed E-state index contributed by atoms with van der Waals surface area (Å²) in [5, 5.41) is 0. The van der Waals surface area contributed by atoms with Crippen molar-refractivity contribution in [3.8, 4) is 0 Å². The number of carbonyl (C=O) groups is 1. The molecule has 0 spiro atoms. The Morgan fingerprint density at radius 2 is 1.83 bits per heavy atom. The summed E-state index contributed by atoms with van der Waals surface area (Å²) in [6.45, 7) is 8.93. The van der Waals surface area contributed by atoms with Crippen LogP contribution in [0.2, 0.25) is 0 Å². The molecule has 0 heterocycles. The first-order valence-corrected chi connectivity index (χ1v) is 9.55. The van der Waals surface area contributed by atoms with Gasteiger partial charge in [0.05, 0.1) is 0 Å². The summed E-state index contributed by atoms with van der Waals surface area (Å²) >= 11 is 0. The van der Waals surface area contributed by atoms with Crippen LogP contribution in [0.3, 0.4) is 0 Å². The minimum absolute atomic E-state index is 0.309. The molecule has 0 bridgehead atoms. The number of hydrogen-bond acceptors (Lipinski definition) is 1. The zero-order chi connectivity index (χ0) is 16.2. The van der Waals surface area contributed by atoms with Crippen LogP contribution in [0.4, 0.5) is 0 Å². The summed E-state index contributed by atoms with van der Waals surface area (Å²) in [5.41, 5.74) is 3.86. The fourth-order valence-corrected chi connectivity index (χ4v) is 6.82. The molecule has 0 amide bonds. The van der Waals surface area contributed by atoms with Crippen molar-refractivity contribution in [3.63, 3.8) is 0 Å². The van der Waals surface area contributed by atoms with Gasteiger partial charge < -0.3 is 0 Å². The van der Waals surface area contributed by atoms with Gasteiger partial charge in [-0.25, -0.2) is 0 Å². The number of fused-ring (bicyclic) bond motifs is 5. The fourth-order valence-electron chi connectivity index (χ4n) is 6.82. The van der Waals surface area contributed by atoms with Gasteiger partial charge in [0.15, 0.2) is 5.78 Å². The summed E-state index contributed by atoms with van der Waals surface area (Å²) in [4.78, 5) is 11.9. The lowest BCUT2D eigenvalue weighted by Crippen LogP contribution is -2.49. The number of hydrogen-bond donors (Lipinski definition) is 0. The maximum atomic E-state index is 11.9. The first kappa shape index (κ1) is 15.4. The van der Waals surface area contributed by atoms with E-state index >= 15 is 0 Å². The van der Waals surface area contributed by atoms with Gasteiger partial charge in [-0.05, 0) is 79.6 Å². The van der Waals surface area contributed by atoms with Crippen molar-refractivity contribution in [2.45, 2.75) is 65.2 Å². The molecule has 4 aliphatic carbocycles. The Morgan fingerprint density at radius 3 is 2.61 bits per heavy atom. The van der Waals surface area contributed by atoms with Gasteiger partial charge >= 0.3 is 0 Å². The zero-order valence-electron chi connectivity index (χ0n) is 14.7. The predicted molar refractivity (Wildman–Crippen MR) is 95.0 cm³/mol. The minimum Gasteiger partial charge on any atom is -0.295 e. The molecule has 4 rings (SSSR count). The molecule has 0 aliphatic heterocycles. The van der Waals surface area contributed by atoms with Crippen LogP contribution in [-0.4, -0.2) is 5.78 Å². The maximum absolute atomic E-state index is 11.9. The number of allylic oxidation sites excluding steroid dienone is 4. The SMILES string of the molecule is C=C/C=C1\CC[C@H]2[C@@H]3CCC4=CC(=O)CC[C@]4(C)[C@H]3CC[C@]12C. The van der Waals surface area contributed by atoms with E-state index in [0.29, 0.717) is 16.6 Å². The highest BCUT2D eigenvalue weighted by atomic mass is 16.1. The maximum Gasteiger partial charge on any atom is 0.155 e. The van der Waals surface area contributed by atoms with Crippen LogP contribution in [0.1, 0.15) is 65.2 Å². The average molecular weight is 310 g/mol. The zero-order valence-corrected chi connectivity index (χ0v) is 14.7. The predicted octanol–water partition coefficient (Wildman–Crippen LogP) is 5.63. The first-order chi connectivity index (χ1) is 11.0. The third kappa shape index (κ3) is 2.08. The smallest absolute Gasteiger partial charge is 0.155 e. The largest absolute Gasteiger partial charge is 0.295 e. The molecule has 23 heavy (non-hydrogen) atoms. The molecule has 0 radical (unpaired) electrons. The quantitative estimate of drug-likeness (QED) is 0.613. The van der Waals surface area contributed by atoms with Gasteiger partial charge in [0, 0.05) is 6.42 Å². The molecule has 3 fully saturated rings. The Kier molecular flexibility index (Phi) is 3.48. The first-order valence-electron chi connectivity index (χ1n) is 9.55. The van der Waals surface area contributed by atoms with E-state index in [4.69, 9.17) is 0 Å². The molecular weight excluding hydrogens is 280 g/mol. The van der Waals surface area contributed by atoms with Gasteiger partial charge in [-0.2, -0.15) is 0 Å². The molecule has 3 saturated carbocycles. The Balaban J connectivity index is 1.68. The van der Waals surface area contributed by atoms with Crippen molar-refractivity contribution in [2.75, 3.05) is 0 Å². The van der Waals surface area contributed by atoms with E-state index < -0.39 is 0 Å². The molecule has 0 N–H and O–H groups in total.